The van der Waals surface area contributed by atoms with Gasteiger partial charge in [-0.1, -0.05) is 32.4 Å². The van der Waals surface area contributed by atoms with Crippen molar-refractivity contribution in [3.63, 3.8) is 0 Å². The van der Waals surface area contributed by atoms with E-state index in [1.165, 1.54) is 24.3 Å². The molecule has 13 N–H and O–H groups in total. The van der Waals surface area contributed by atoms with Gasteiger partial charge in [0.15, 0.2) is 5.96 Å². The smallest absolute Gasteiger partial charge is 0.326 e. The van der Waals surface area contributed by atoms with Crippen molar-refractivity contribution in [3.05, 3.63) is 29.8 Å². The van der Waals surface area contributed by atoms with E-state index in [9.17, 15) is 34.2 Å². The van der Waals surface area contributed by atoms with Crippen LogP contribution < -0.4 is 38.9 Å². The largest absolute Gasteiger partial charge is 0.508 e. The van der Waals surface area contributed by atoms with Crippen molar-refractivity contribution in [1.82, 2.24) is 16.0 Å². The fourth-order valence-electron chi connectivity index (χ4n) is 3.58. The van der Waals surface area contributed by atoms with Gasteiger partial charge in [0, 0.05) is 13.0 Å². The van der Waals surface area contributed by atoms with Crippen LogP contribution in [0.4, 0.5) is 0 Å². The number of hydrogen-bond acceptors (Lipinski definition) is 8. The molecule has 0 spiro atoms. The molecule has 0 saturated carbocycles. The summed E-state index contributed by atoms with van der Waals surface area (Å²) in [5, 5.41) is 26.4. The minimum Gasteiger partial charge on any atom is -0.508 e. The number of hydrogen-bond donors (Lipinski definition) is 9. The van der Waals surface area contributed by atoms with Crippen molar-refractivity contribution in [2.24, 2.45) is 33.8 Å². The zero-order chi connectivity index (χ0) is 30.4. The van der Waals surface area contributed by atoms with E-state index in [0.717, 1.165) is 0 Å². The predicted molar refractivity (Wildman–Crippen MR) is 146 cm³/mol. The maximum Gasteiger partial charge on any atom is 0.326 e. The molecule has 5 atom stereocenters. The Morgan fingerprint density at radius 1 is 0.900 bits per heavy atom. The van der Waals surface area contributed by atoms with E-state index in [4.69, 9.17) is 22.9 Å². The highest BCUT2D eigenvalue weighted by Crippen LogP contribution is 2.12. The van der Waals surface area contributed by atoms with Crippen molar-refractivity contribution in [2.45, 2.75) is 70.1 Å². The Morgan fingerprint density at radius 2 is 1.45 bits per heavy atom. The molecule has 0 aliphatic heterocycles. The number of nitrogens with zero attached hydrogens (tertiary/aromatic N) is 1. The molecule has 1 aromatic carbocycles. The van der Waals surface area contributed by atoms with Gasteiger partial charge in [-0.15, -0.1) is 0 Å². The van der Waals surface area contributed by atoms with Crippen LogP contribution in [0.1, 0.15) is 45.1 Å². The molecule has 1 rings (SSSR count). The molecular formula is C25H40N8O7. The predicted octanol–water partition coefficient (Wildman–Crippen LogP) is -2.22. The Labute approximate surface area is 232 Å². The zero-order valence-corrected chi connectivity index (χ0v) is 22.6. The number of carboxylic acids is 1. The number of carboxylic acid groups (broad SMARTS) is 1. The van der Waals surface area contributed by atoms with Crippen LogP contribution in [-0.4, -0.2) is 76.5 Å². The summed E-state index contributed by atoms with van der Waals surface area (Å²) in [6, 6.07) is 0.734. The summed E-state index contributed by atoms with van der Waals surface area (Å²) in [5.41, 5.74) is 22.4. The normalized spacial score (nSPS) is 14.5. The molecule has 40 heavy (non-hydrogen) atoms. The summed E-state index contributed by atoms with van der Waals surface area (Å²) in [6.45, 7) is 3.70. The van der Waals surface area contributed by atoms with Gasteiger partial charge in [0.2, 0.25) is 23.6 Å². The van der Waals surface area contributed by atoms with Crippen LogP contribution in [0.3, 0.4) is 0 Å². The number of aromatic hydroxyl groups is 1. The van der Waals surface area contributed by atoms with Gasteiger partial charge in [-0.25, -0.2) is 4.79 Å². The number of carbonyl (C=O) groups is 5. The molecule has 0 aromatic heterocycles. The van der Waals surface area contributed by atoms with Gasteiger partial charge in [-0.3, -0.25) is 24.2 Å². The second-order valence-electron chi connectivity index (χ2n) is 9.42. The fraction of sp³-hybridized carbons (Fsp3) is 0.520. The van der Waals surface area contributed by atoms with Crippen LogP contribution in [-0.2, 0) is 30.4 Å². The third-order valence-corrected chi connectivity index (χ3v) is 6.17. The maximum atomic E-state index is 13.2. The van der Waals surface area contributed by atoms with E-state index in [-0.39, 0.29) is 43.4 Å². The zero-order valence-electron chi connectivity index (χ0n) is 22.6. The second-order valence-corrected chi connectivity index (χ2v) is 9.42. The topological polar surface area (TPSA) is 278 Å². The molecule has 1 aromatic rings. The SMILES string of the molecule is CCC(C)C(N)C(=O)NC(CC(N)=O)C(=O)NC(CCCN=C(N)N)C(=O)NC(Cc1ccc(O)cc1)C(=O)O. The number of rotatable bonds is 17. The van der Waals surface area contributed by atoms with Gasteiger partial charge in [0.05, 0.1) is 12.5 Å². The summed E-state index contributed by atoms with van der Waals surface area (Å²) in [5.74, 6) is -5.01. The number of benzene rings is 1. The summed E-state index contributed by atoms with van der Waals surface area (Å²) in [7, 11) is 0. The molecule has 0 heterocycles. The monoisotopic (exact) mass is 564 g/mol. The van der Waals surface area contributed by atoms with Crippen LogP contribution in [0.15, 0.2) is 29.3 Å². The van der Waals surface area contributed by atoms with E-state index in [1.807, 2.05) is 6.92 Å². The Kier molecular flexibility index (Phi) is 13.9. The third kappa shape index (κ3) is 12.0. The molecule has 0 saturated heterocycles. The van der Waals surface area contributed by atoms with E-state index < -0.39 is 60.2 Å². The first kappa shape index (κ1) is 33.6. The highest BCUT2D eigenvalue weighted by atomic mass is 16.4. The first-order chi connectivity index (χ1) is 18.7. The number of nitrogens with two attached hydrogens (primary N) is 4. The first-order valence-corrected chi connectivity index (χ1v) is 12.8. The Hall–Kier alpha value is -4.40. The average molecular weight is 565 g/mol. The van der Waals surface area contributed by atoms with Crippen LogP contribution in [0.25, 0.3) is 0 Å². The Morgan fingerprint density at radius 3 is 1.98 bits per heavy atom. The second kappa shape index (κ2) is 16.5. The Bertz CT molecular complexity index is 1060. The molecule has 0 radical (unpaired) electrons. The molecule has 222 valence electrons. The lowest BCUT2D eigenvalue weighted by Gasteiger charge is -2.25. The van der Waals surface area contributed by atoms with Gasteiger partial charge in [-0.05, 0) is 36.5 Å². The lowest BCUT2D eigenvalue weighted by atomic mass is 9.99. The molecular weight excluding hydrogens is 524 g/mol. The summed E-state index contributed by atoms with van der Waals surface area (Å²) >= 11 is 0. The molecule has 0 aliphatic carbocycles. The fourth-order valence-corrected chi connectivity index (χ4v) is 3.58. The number of guanidine groups is 1. The lowest BCUT2D eigenvalue weighted by Crippen LogP contribution is -2.58. The summed E-state index contributed by atoms with van der Waals surface area (Å²) in [6.07, 6.45) is 0.130. The van der Waals surface area contributed by atoms with E-state index in [2.05, 4.69) is 20.9 Å². The number of primary amides is 1. The first-order valence-electron chi connectivity index (χ1n) is 12.8. The number of amides is 4. The van der Waals surface area contributed by atoms with Crippen LogP contribution >= 0.6 is 0 Å². The number of aliphatic carboxylic acids is 1. The van der Waals surface area contributed by atoms with Gasteiger partial charge >= 0.3 is 5.97 Å². The maximum absolute atomic E-state index is 13.2. The molecule has 0 fully saturated rings. The van der Waals surface area contributed by atoms with Crippen molar-refractivity contribution < 1.29 is 34.2 Å². The van der Waals surface area contributed by atoms with Crippen LogP contribution in [0.2, 0.25) is 0 Å². The number of nitrogens with one attached hydrogen (secondary N) is 3. The molecule has 15 heteroatoms. The van der Waals surface area contributed by atoms with Gasteiger partial charge in [0.1, 0.15) is 23.9 Å². The van der Waals surface area contributed by atoms with E-state index >= 15 is 0 Å². The van der Waals surface area contributed by atoms with Gasteiger partial charge in [-0.2, -0.15) is 0 Å². The molecule has 5 unspecified atom stereocenters. The lowest BCUT2D eigenvalue weighted by molar-refractivity contribution is -0.142. The van der Waals surface area contributed by atoms with E-state index in [0.29, 0.717) is 12.0 Å². The molecule has 0 bridgehead atoms. The minimum absolute atomic E-state index is 0.00840. The van der Waals surface area contributed by atoms with Crippen molar-refractivity contribution in [2.75, 3.05) is 6.54 Å². The summed E-state index contributed by atoms with van der Waals surface area (Å²) < 4.78 is 0. The van der Waals surface area contributed by atoms with Gasteiger partial charge in [0.25, 0.3) is 0 Å². The quantitative estimate of drug-likeness (QED) is 0.0558. The average Bonchev–Trinajstić information content (AvgIpc) is 2.89. The minimum atomic E-state index is -1.43. The molecule has 4 amide bonds. The highest BCUT2D eigenvalue weighted by molar-refractivity contribution is 5.96. The number of carbonyl (C=O) groups excluding carboxylic acids is 4. The number of phenols is 1. The van der Waals surface area contributed by atoms with Crippen molar-refractivity contribution in [1.29, 1.82) is 0 Å². The number of phenolic OH excluding ortho intramolecular Hbond substituents is 1. The molecule has 15 nitrogen and oxygen atoms in total. The standard InChI is InChI=1S/C25H40N8O7/c1-3-13(2)20(27)23(38)32-17(12-19(26)35)22(37)31-16(5-4-10-30-25(28)29)21(36)33-18(24(39)40)11-14-6-8-15(34)9-7-14/h6-9,13,16-18,20,34H,3-5,10-12,27H2,1-2H3,(H2,26,35)(H,31,37)(H,32,38)(H,33,36)(H,39,40)(H4,28,29,30). The number of aliphatic imine (C=N–C) groups is 1. The Balaban J connectivity index is 3.11. The van der Waals surface area contributed by atoms with Crippen molar-refractivity contribution >= 4 is 35.6 Å². The third-order valence-electron chi connectivity index (χ3n) is 6.17. The summed E-state index contributed by atoms with van der Waals surface area (Å²) in [4.78, 5) is 66.2. The highest BCUT2D eigenvalue weighted by Gasteiger charge is 2.31. The van der Waals surface area contributed by atoms with Gasteiger partial charge < -0.3 is 49.1 Å². The van der Waals surface area contributed by atoms with Crippen LogP contribution in [0.5, 0.6) is 5.75 Å². The van der Waals surface area contributed by atoms with E-state index in [1.54, 1.807) is 6.92 Å². The molecule has 0 aliphatic rings. The van der Waals surface area contributed by atoms with Crippen LogP contribution in [0, 0.1) is 5.92 Å². The van der Waals surface area contributed by atoms with Crippen molar-refractivity contribution in [3.8, 4) is 5.75 Å².